The molecule has 7 nitrogen and oxygen atoms in total. The van der Waals surface area contributed by atoms with Crippen LogP contribution in [0.4, 0.5) is 5.82 Å². The summed E-state index contributed by atoms with van der Waals surface area (Å²) in [5.74, 6) is 1.17. The molecule has 3 heterocycles. The van der Waals surface area contributed by atoms with E-state index in [0.29, 0.717) is 22.6 Å². The fourth-order valence-electron chi connectivity index (χ4n) is 3.18. The molecular formula is C20H20N4O3. The number of ether oxygens (including phenoxy) is 1. The van der Waals surface area contributed by atoms with E-state index in [1.54, 1.807) is 49.4 Å². The summed E-state index contributed by atoms with van der Waals surface area (Å²) in [4.78, 5) is 33.4. The summed E-state index contributed by atoms with van der Waals surface area (Å²) < 4.78 is 6.89. The zero-order valence-corrected chi connectivity index (χ0v) is 15.4. The highest BCUT2D eigenvalue weighted by atomic mass is 16.5. The molecule has 1 amide bonds. The monoisotopic (exact) mass is 364 g/mol. The van der Waals surface area contributed by atoms with Gasteiger partial charge in [0, 0.05) is 53.5 Å². The van der Waals surface area contributed by atoms with Crippen LogP contribution in [-0.4, -0.2) is 27.6 Å². The number of pyridine rings is 3. The SMILES string of the molecule is COc1cncc(-c2cc3cnc(NC(=O)C4CC4)cc3n(C)c2=O)c1C. The number of hydrogen-bond donors (Lipinski definition) is 1. The number of amides is 1. The predicted molar refractivity (Wildman–Crippen MR) is 103 cm³/mol. The van der Waals surface area contributed by atoms with E-state index in [0.717, 1.165) is 29.4 Å². The lowest BCUT2D eigenvalue weighted by atomic mass is 10.0. The Kier molecular flexibility index (Phi) is 4.14. The van der Waals surface area contributed by atoms with Crippen LogP contribution in [0.15, 0.2) is 35.5 Å². The van der Waals surface area contributed by atoms with Gasteiger partial charge in [-0.3, -0.25) is 14.6 Å². The van der Waals surface area contributed by atoms with Crippen molar-refractivity contribution < 1.29 is 9.53 Å². The molecule has 4 rings (SSSR count). The molecule has 1 aliphatic carbocycles. The molecule has 0 spiro atoms. The van der Waals surface area contributed by atoms with E-state index in [9.17, 15) is 9.59 Å². The maximum Gasteiger partial charge on any atom is 0.258 e. The molecule has 3 aromatic rings. The molecule has 0 unspecified atom stereocenters. The Morgan fingerprint density at radius 3 is 2.70 bits per heavy atom. The molecule has 0 bridgehead atoms. The van der Waals surface area contributed by atoms with E-state index < -0.39 is 0 Å². The summed E-state index contributed by atoms with van der Waals surface area (Å²) >= 11 is 0. The zero-order chi connectivity index (χ0) is 19.1. The van der Waals surface area contributed by atoms with Crippen LogP contribution >= 0.6 is 0 Å². The van der Waals surface area contributed by atoms with Crippen molar-refractivity contribution in [2.24, 2.45) is 13.0 Å². The van der Waals surface area contributed by atoms with Gasteiger partial charge in [0.05, 0.1) is 18.8 Å². The Hall–Kier alpha value is -3.22. The summed E-state index contributed by atoms with van der Waals surface area (Å²) in [6.45, 7) is 1.90. The van der Waals surface area contributed by atoms with Crippen LogP contribution in [0.5, 0.6) is 5.75 Å². The van der Waals surface area contributed by atoms with Gasteiger partial charge in [-0.2, -0.15) is 0 Å². The van der Waals surface area contributed by atoms with Gasteiger partial charge in [0.25, 0.3) is 5.56 Å². The summed E-state index contributed by atoms with van der Waals surface area (Å²) in [5, 5.41) is 3.63. The predicted octanol–water partition coefficient (Wildman–Crippen LogP) is 2.66. The van der Waals surface area contributed by atoms with E-state index in [1.807, 2.05) is 6.92 Å². The number of hydrogen-bond acceptors (Lipinski definition) is 5. The molecule has 1 saturated carbocycles. The second kappa shape index (κ2) is 6.50. The van der Waals surface area contributed by atoms with Crippen LogP contribution in [-0.2, 0) is 11.8 Å². The van der Waals surface area contributed by atoms with Gasteiger partial charge in [0.2, 0.25) is 5.91 Å². The number of carbonyl (C=O) groups is 1. The highest BCUT2D eigenvalue weighted by Gasteiger charge is 2.29. The van der Waals surface area contributed by atoms with Crippen molar-refractivity contribution in [1.82, 2.24) is 14.5 Å². The van der Waals surface area contributed by atoms with Crippen molar-refractivity contribution in [2.45, 2.75) is 19.8 Å². The van der Waals surface area contributed by atoms with E-state index in [1.165, 1.54) is 0 Å². The van der Waals surface area contributed by atoms with Gasteiger partial charge in [-0.1, -0.05) is 0 Å². The largest absolute Gasteiger partial charge is 0.495 e. The number of rotatable bonds is 4. The fourth-order valence-corrected chi connectivity index (χ4v) is 3.18. The van der Waals surface area contributed by atoms with Gasteiger partial charge in [0.1, 0.15) is 11.6 Å². The van der Waals surface area contributed by atoms with Crippen molar-refractivity contribution >= 4 is 22.6 Å². The topological polar surface area (TPSA) is 86.1 Å². The smallest absolute Gasteiger partial charge is 0.258 e. The van der Waals surface area contributed by atoms with Crippen LogP contribution in [0, 0.1) is 12.8 Å². The third-order valence-electron chi connectivity index (χ3n) is 4.99. The third kappa shape index (κ3) is 3.05. The van der Waals surface area contributed by atoms with Crippen LogP contribution in [0.1, 0.15) is 18.4 Å². The first-order chi connectivity index (χ1) is 13.0. The highest BCUT2D eigenvalue weighted by molar-refractivity contribution is 5.95. The van der Waals surface area contributed by atoms with Gasteiger partial charge in [-0.15, -0.1) is 0 Å². The molecule has 0 aromatic carbocycles. The van der Waals surface area contributed by atoms with E-state index >= 15 is 0 Å². The Labute approximate surface area is 156 Å². The number of nitrogens with zero attached hydrogens (tertiary/aromatic N) is 3. The second-order valence-electron chi connectivity index (χ2n) is 6.83. The maximum atomic E-state index is 13.0. The number of nitrogens with one attached hydrogen (secondary N) is 1. The summed E-state index contributed by atoms with van der Waals surface area (Å²) in [6.07, 6.45) is 6.81. The molecule has 138 valence electrons. The Morgan fingerprint density at radius 2 is 2.00 bits per heavy atom. The number of anilines is 1. The molecule has 3 aromatic heterocycles. The quantitative estimate of drug-likeness (QED) is 0.769. The van der Waals surface area contributed by atoms with E-state index in [2.05, 4.69) is 15.3 Å². The molecule has 1 N–H and O–H groups in total. The van der Waals surface area contributed by atoms with Gasteiger partial charge < -0.3 is 14.6 Å². The minimum absolute atomic E-state index is 0.0125. The van der Waals surface area contributed by atoms with Crippen LogP contribution < -0.4 is 15.6 Å². The maximum absolute atomic E-state index is 13.0. The molecule has 0 aliphatic heterocycles. The average molecular weight is 364 g/mol. The van der Waals surface area contributed by atoms with Gasteiger partial charge >= 0.3 is 0 Å². The Morgan fingerprint density at radius 1 is 1.22 bits per heavy atom. The van der Waals surface area contributed by atoms with Crippen molar-refractivity contribution in [2.75, 3.05) is 12.4 Å². The normalized spacial score (nSPS) is 13.6. The van der Waals surface area contributed by atoms with Crippen LogP contribution in [0.3, 0.4) is 0 Å². The first kappa shape index (κ1) is 17.2. The zero-order valence-electron chi connectivity index (χ0n) is 15.4. The lowest BCUT2D eigenvalue weighted by Gasteiger charge is -2.13. The molecule has 0 saturated heterocycles. The Bertz CT molecular complexity index is 1120. The first-order valence-corrected chi connectivity index (χ1v) is 8.79. The molecular weight excluding hydrogens is 344 g/mol. The summed E-state index contributed by atoms with van der Waals surface area (Å²) in [6, 6.07) is 3.54. The minimum Gasteiger partial charge on any atom is -0.495 e. The molecule has 0 radical (unpaired) electrons. The van der Waals surface area contributed by atoms with Crippen LogP contribution in [0.2, 0.25) is 0 Å². The number of carbonyl (C=O) groups excluding carboxylic acids is 1. The van der Waals surface area contributed by atoms with Crippen molar-refractivity contribution in [3.05, 3.63) is 46.6 Å². The molecule has 0 atom stereocenters. The van der Waals surface area contributed by atoms with Crippen molar-refractivity contribution in [3.8, 4) is 16.9 Å². The Balaban J connectivity index is 1.82. The number of fused-ring (bicyclic) bond motifs is 1. The molecule has 7 heteroatoms. The number of aromatic nitrogens is 3. The van der Waals surface area contributed by atoms with Gasteiger partial charge in [-0.25, -0.2) is 4.98 Å². The highest BCUT2D eigenvalue weighted by Crippen LogP contribution is 2.31. The minimum atomic E-state index is -0.147. The van der Waals surface area contributed by atoms with E-state index in [4.69, 9.17) is 4.74 Å². The van der Waals surface area contributed by atoms with Crippen molar-refractivity contribution in [1.29, 1.82) is 0 Å². The van der Waals surface area contributed by atoms with Crippen LogP contribution in [0.25, 0.3) is 22.0 Å². The van der Waals surface area contributed by atoms with E-state index in [-0.39, 0.29) is 17.4 Å². The van der Waals surface area contributed by atoms with Crippen molar-refractivity contribution in [3.63, 3.8) is 0 Å². The molecule has 27 heavy (non-hydrogen) atoms. The number of aryl methyl sites for hydroxylation is 1. The first-order valence-electron chi connectivity index (χ1n) is 8.79. The lowest BCUT2D eigenvalue weighted by Crippen LogP contribution is -2.20. The second-order valence-corrected chi connectivity index (χ2v) is 6.83. The summed E-state index contributed by atoms with van der Waals surface area (Å²) in [5.41, 5.74) is 2.67. The lowest BCUT2D eigenvalue weighted by molar-refractivity contribution is -0.117. The molecule has 1 aliphatic rings. The molecule has 1 fully saturated rings. The van der Waals surface area contributed by atoms with Gasteiger partial charge in [-0.05, 0) is 25.8 Å². The fraction of sp³-hybridized carbons (Fsp3) is 0.300. The average Bonchev–Trinajstić information content (AvgIpc) is 3.51. The third-order valence-corrected chi connectivity index (χ3v) is 4.99. The summed E-state index contributed by atoms with van der Waals surface area (Å²) in [7, 11) is 3.29. The standard InChI is InChI=1S/C20H20N4O3/c1-11-15(9-21-10-17(11)27-3)14-6-13-8-22-18(23-19(25)12-4-5-12)7-16(13)24(2)20(14)26/h6-10,12H,4-5H2,1-3H3,(H,22,23,25). The number of methoxy groups -OCH3 is 1. The van der Waals surface area contributed by atoms with Gasteiger partial charge in [0.15, 0.2) is 0 Å².